The first-order valence-electron chi connectivity index (χ1n) is 6.98. The van der Waals surface area contributed by atoms with Crippen LogP contribution in [0.1, 0.15) is 16.8 Å². The van der Waals surface area contributed by atoms with Crippen LogP contribution in [0.25, 0.3) is 11.3 Å². The SMILES string of the molecule is CN(CC1CCS(=O)(=O)C1)C(=O)c1cn[nH]c1-c1ccsc1. The monoisotopic (exact) mass is 339 g/mol. The van der Waals surface area contributed by atoms with Gasteiger partial charge in [0.15, 0.2) is 9.84 Å². The number of sulfone groups is 1. The van der Waals surface area contributed by atoms with Crippen molar-refractivity contribution in [3.8, 4) is 11.3 Å². The second-order valence-corrected chi connectivity index (χ2v) is 8.63. The van der Waals surface area contributed by atoms with Gasteiger partial charge in [-0.3, -0.25) is 9.89 Å². The van der Waals surface area contributed by atoms with E-state index in [2.05, 4.69) is 10.2 Å². The van der Waals surface area contributed by atoms with Crippen LogP contribution in [0.3, 0.4) is 0 Å². The van der Waals surface area contributed by atoms with Crippen LogP contribution in [0, 0.1) is 5.92 Å². The quantitative estimate of drug-likeness (QED) is 0.918. The first-order valence-corrected chi connectivity index (χ1v) is 9.74. The average molecular weight is 339 g/mol. The Kier molecular flexibility index (Phi) is 4.05. The summed E-state index contributed by atoms with van der Waals surface area (Å²) in [5, 5.41) is 10.7. The Hall–Kier alpha value is -1.67. The fourth-order valence-electron chi connectivity index (χ4n) is 2.77. The minimum absolute atomic E-state index is 0.0236. The number of carbonyl (C=O) groups is 1. The van der Waals surface area contributed by atoms with E-state index in [0.717, 1.165) is 5.56 Å². The van der Waals surface area contributed by atoms with Gasteiger partial charge < -0.3 is 4.90 Å². The number of hydrogen-bond donors (Lipinski definition) is 1. The topological polar surface area (TPSA) is 83.1 Å². The minimum atomic E-state index is -2.92. The van der Waals surface area contributed by atoms with Crippen molar-refractivity contribution >= 4 is 27.1 Å². The molecule has 8 heteroatoms. The molecule has 118 valence electrons. The highest BCUT2D eigenvalue weighted by Crippen LogP contribution is 2.25. The third-order valence-electron chi connectivity index (χ3n) is 3.89. The Labute approximate surface area is 133 Å². The number of carbonyl (C=O) groups excluding carboxylic acids is 1. The molecule has 2 aromatic rings. The van der Waals surface area contributed by atoms with Crippen molar-refractivity contribution in [2.24, 2.45) is 5.92 Å². The van der Waals surface area contributed by atoms with Crippen LogP contribution in [-0.4, -0.2) is 54.5 Å². The Morgan fingerprint density at radius 1 is 1.55 bits per heavy atom. The summed E-state index contributed by atoms with van der Waals surface area (Å²) in [5.41, 5.74) is 2.15. The zero-order valence-corrected chi connectivity index (χ0v) is 13.8. The van der Waals surface area contributed by atoms with E-state index in [1.807, 2.05) is 16.8 Å². The fourth-order valence-corrected chi connectivity index (χ4v) is 5.26. The predicted octanol–water partition coefficient (Wildman–Crippen LogP) is 1.64. The number of hydrogen-bond acceptors (Lipinski definition) is 5. The second kappa shape index (κ2) is 5.85. The molecule has 3 heterocycles. The Morgan fingerprint density at radius 3 is 3.00 bits per heavy atom. The number of H-pyrrole nitrogens is 1. The lowest BCUT2D eigenvalue weighted by Crippen LogP contribution is -2.32. The van der Waals surface area contributed by atoms with Crippen LogP contribution in [0.4, 0.5) is 0 Å². The lowest BCUT2D eigenvalue weighted by Gasteiger charge is -2.20. The molecule has 1 atom stereocenters. The van der Waals surface area contributed by atoms with E-state index in [4.69, 9.17) is 0 Å². The summed E-state index contributed by atoms with van der Waals surface area (Å²) in [6, 6.07) is 1.93. The van der Waals surface area contributed by atoms with E-state index >= 15 is 0 Å². The molecule has 1 unspecified atom stereocenters. The summed E-state index contributed by atoms with van der Waals surface area (Å²) < 4.78 is 23.0. The highest BCUT2D eigenvalue weighted by molar-refractivity contribution is 7.91. The third-order valence-corrected chi connectivity index (χ3v) is 6.41. The van der Waals surface area contributed by atoms with Gasteiger partial charge in [-0.2, -0.15) is 16.4 Å². The lowest BCUT2D eigenvalue weighted by molar-refractivity contribution is 0.0778. The van der Waals surface area contributed by atoms with Crippen LogP contribution in [0.5, 0.6) is 0 Å². The molecule has 1 fully saturated rings. The summed E-state index contributed by atoms with van der Waals surface area (Å²) in [4.78, 5) is 14.2. The Morgan fingerprint density at radius 2 is 2.36 bits per heavy atom. The van der Waals surface area contributed by atoms with Crippen molar-refractivity contribution < 1.29 is 13.2 Å². The molecule has 1 N–H and O–H groups in total. The first-order chi connectivity index (χ1) is 10.5. The maximum atomic E-state index is 12.6. The van der Waals surface area contributed by atoms with Gasteiger partial charge in [0.2, 0.25) is 0 Å². The number of thiophene rings is 1. The van der Waals surface area contributed by atoms with Crippen molar-refractivity contribution in [3.63, 3.8) is 0 Å². The van der Waals surface area contributed by atoms with Gasteiger partial charge >= 0.3 is 0 Å². The molecule has 6 nitrogen and oxygen atoms in total. The van der Waals surface area contributed by atoms with Gasteiger partial charge in [-0.15, -0.1) is 0 Å². The molecular weight excluding hydrogens is 322 g/mol. The maximum Gasteiger partial charge on any atom is 0.257 e. The molecule has 1 amide bonds. The molecule has 1 saturated heterocycles. The van der Waals surface area contributed by atoms with Gasteiger partial charge in [0, 0.05) is 24.5 Å². The van der Waals surface area contributed by atoms with Crippen LogP contribution >= 0.6 is 11.3 Å². The van der Waals surface area contributed by atoms with Gasteiger partial charge in [0.1, 0.15) is 0 Å². The van der Waals surface area contributed by atoms with Gasteiger partial charge in [-0.25, -0.2) is 8.42 Å². The number of aromatic nitrogens is 2. The molecule has 2 aromatic heterocycles. The van der Waals surface area contributed by atoms with E-state index in [9.17, 15) is 13.2 Å². The predicted molar refractivity (Wildman–Crippen MR) is 85.6 cm³/mol. The summed E-state index contributed by atoms with van der Waals surface area (Å²) in [6.45, 7) is 0.451. The molecule has 0 aliphatic carbocycles. The van der Waals surface area contributed by atoms with Crippen LogP contribution in [-0.2, 0) is 9.84 Å². The second-order valence-electron chi connectivity index (χ2n) is 5.63. The Balaban J connectivity index is 1.73. The normalized spacial score (nSPS) is 20.1. The molecule has 0 saturated carbocycles. The van der Waals surface area contributed by atoms with Gasteiger partial charge in [-0.05, 0) is 23.8 Å². The van der Waals surface area contributed by atoms with Gasteiger partial charge in [-0.1, -0.05) is 0 Å². The molecule has 22 heavy (non-hydrogen) atoms. The van der Waals surface area contributed by atoms with Crippen molar-refractivity contribution in [1.29, 1.82) is 0 Å². The van der Waals surface area contributed by atoms with Crippen molar-refractivity contribution in [1.82, 2.24) is 15.1 Å². The van der Waals surface area contributed by atoms with Crippen molar-refractivity contribution in [2.45, 2.75) is 6.42 Å². The fraction of sp³-hybridized carbons (Fsp3) is 0.429. The highest BCUT2D eigenvalue weighted by Gasteiger charge is 2.30. The van der Waals surface area contributed by atoms with Gasteiger partial charge in [0.05, 0.1) is 29.0 Å². The summed E-state index contributed by atoms with van der Waals surface area (Å²) in [7, 11) is -1.21. The minimum Gasteiger partial charge on any atom is -0.341 e. The molecule has 0 radical (unpaired) electrons. The zero-order chi connectivity index (χ0) is 15.7. The molecule has 0 spiro atoms. The standard InChI is InChI=1S/C14H17N3O3S2/c1-17(7-10-3-5-22(19,20)9-10)14(18)12-6-15-16-13(12)11-2-4-21-8-11/h2,4,6,8,10H,3,5,7,9H2,1H3,(H,15,16). The molecule has 0 aromatic carbocycles. The van der Waals surface area contributed by atoms with Crippen molar-refractivity contribution in [2.75, 3.05) is 25.1 Å². The Bertz CT molecular complexity index is 765. The summed E-state index contributed by atoms with van der Waals surface area (Å²) >= 11 is 1.55. The van der Waals surface area contributed by atoms with Crippen molar-refractivity contribution in [3.05, 3.63) is 28.6 Å². The number of amides is 1. The van der Waals surface area contributed by atoms with E-state index in [0.29, 0.717) is 24.2 Å². The summed E-state index contributed by atoms with van der Waals surface area (Å²) in [5.74, 6) is 0.286. The van der Waals surface area contributed by atoms with E-state index in [1.54, 1.807) is 23.3 Å². The van der Waals surface area contributed by atoms with Crippen LogP contribution in [0.15, 0.2) is 23.0 Å². The van der Waals surface area contributed by atoms with Crippen LogP contribution in [0.2, 0.25) is 0 Å². The van der Waals surface area contributed by atoms with E-state index in [1.165, 1.54) is 6.20 Å². The lowest BCUT2D eigenvalue weighted by atomic mass is 10.1. The first kappa shape index (κ1) is 15.2. The highest BCUT2D eigenvalue weighted by atomic mass is 32.2. The number of aromatic amines is 1. The molecule has 1 aliphatic heterocycles. The number of nitrogens with one attached hydrogen (secondary N) is 1. The third kappa shape index (κ3) is 3.07. The average Bonchev–Trinajstić information content (AvgIpc) is 3.17. The van der Waals surface area contributed by atoms with E-state index in [-0.39, 0.29) is 23.3 Å². The summed E-state index contributed by atoms with van der Waals surface area (Å²) in [6.07, 6.45) is 2.15. The largest absolute Gasteiger partial charge is 0.341 e. The smallest absolute Gasteiger partial charge is 0.257 e. The zero-order valence-electron chi connectivity index (χ0n) is 12.2. The number of rotatable bonds is 4. The maximum absolute atomic E-state index is 12.6. The van der Waals surface area contributed by atoms with Gasteiger partial charge in [0.25, 0.3) is 5.91 Å². The molecule has 0 bridgehead atoms. The molecule has 1 aliphatic rings. The molecular formula is C14H17N3O3S2. The molecule has 3 rings (SSSR count). The van der Waals surface area contributed by atoms with E-state index < -0.39 is 9.84 Å². The van der Waals surface area contributed by atoms with Crippen LogP contribution < -0.4 is 0 Å². The number of nitrogens with zero attached hydrogens (tertiary/aromatic N) is 2.